The number of carbonyl (C=O) groups is 1. The van der Waals surface area contributed by atoms with Gasteiger partial charge in [-0.3, -0.25) is 5.32 Å². The maximum Gasteiger partial charge on any atom is 0.328 e. The lowest BCUT2D eigenvalue weighted by molar-refractivity contribution is -0.145. The van der Waals surface area contributed by atoms with E-state index < -0.39 is 11.5 Å². The van der Waals surface area contributed by atoms with E-state index in [4.69, 9.17) is 0 Å². The van der Waals surface area contributed by atoms with Crippen molar-refractivity contribution >= 4 is 5.97 Å². The summed E-state index contributed by atoms with van der Waals surface area (Å²) in [6.45, 7) is 4.18. The monoisotopic (exact) mass is 247 g/mol. The Labute approximate surface area is 108 Å². The lowest BCUT2D eigenvalue weighted by Gasteiger charge is -2.30. The van der Waals surface area contributed by atoms with Gasteiger partial charge in [-0.2, -0.15) is 0 Å². The topological polar surface area (TPSA) is 49.3 Å². The second-order valence-corrected chi connectivity index (χ2v) is 5.20. The van der Waals surface area contributed by atoms with Gasteiger partial charge in [-0.05, 0) is 37.3 Å². The fourth-order valence-corrected chi connectivity index (χ4v) is 2.97. The van der Waals surface area contributed by atoms with Crippen molar-refractivity contribution in [1.82, 2.24) is 5.32 Å². The van der Waals surface area contributed by atoms with Crippen molar-refractivity contribution < 1.29 is 9.90 Å². The van der Waals surface area contributed by atoms with Crippen LogP contribution < -0.4 is 5.32 Å². The van der Waals surface area contributed by atoms with Crippen LogP contribution in [-0.2, 0) is 16.8 Å². The average Bonchev–Trinajstić information content (AvgIpc) is 2.70. The molecule has 0 saturated carbocycles. The molecule has 0 heterocycles. The minimum Gasteiger partial charge on any atom is -0.480 e. The van der Waals surface area contributed by atoms with Crippen LogP contribution in [0, 0.1) is 0 Å². The molecule has 0 amide bonds. The zero-order valence-corrected chi connectivity index (χ0v) is 11.1. The minimum atomic E-state index is -0.884. The highest BCUT2D eigenvalue weighted by atomic mass is 16.4. The van der Waals surface area contributed by atoms with Gasteiger partial charge in [0.2, 0.25) is 0 Å². The Morgan fingerprint density at radius 1 is 1.50 bits per heavy atom. The zero-order chi connectivity index (χ0) is 13.2. The maximum atomic E-state index is 11.8. The molecule has 0 bridgehead atoms. The van der Waals surface area contributed by atoms with Gasteiger partial charge in [-0.25, -0.2) is 4.79 Å². The molecule has 1 aromatic rings. The second kappa shape index (κ2) is 5.11. The number of aryl methyl sites for hydroxylation is 1. The molecule has 2 atom stereocenters. The molecule has 3 heteroatoms. The first-order chi connectivity index (χ1) is 8.60. The predicted molar refractivity (Wildman–Crippen MR) is 71.6 cm³/mol. The summed E-state index contributed by atoms with van der Waals surface area (Å²) in [6, 6.07) is 8.10. The molecule has 1 aliphatic carbocycles. The summed E-state index contributed by atoms with van der Waals surface area (Å²) in [5.74, 6) is -0.754. The van der Waals surface area contributed by atoms with E-state index in [1.807, 2.05) is 24.3 Å². The molecular weight excluding hydrogens is 226 g/mol. The molecule has 98 valence electrons. The summed E-state index contributed by atoms with van der Waals surface area (Å²) >= 11 is 0. The van der Waals surface area contributed by atoms with Crippen molar-refractivity contribution in [3.8, 4) is 0 Å². The number of nitrogens with one attached hydrogen (secondary N) is 1. The molecule has 2 rings (SSSR count). The molecule has 2 N–H and O–H groups in total. The number of benzene rings is 1. The highest BCUT2D eigenvalue weighted by Gasteiger charge is 2.45. The highest BCUT2D eigenvalue weighted by molar-refractivity contribution is 5.82. The van der Waals surface area contributed by atoms with Gasteiger partial charge in [0.15, 0.2) is 0 Å². The van der Waals surface area contributed by atoms with Crippen molar-refractivity contribution in [1.29, 1.82) is 0 Å². The smallest absolute Gasteiger partial charge is 0.328 e. The van der Waals surface area contributed by atoms with Crippen molar-refractivity contribution in [2.24, 2.45) is 0 Å². The number of hydrogen-bond donors (Lipinski definition) is 2. The van der Waals surface area contributed by atoms with Gasteiger partial charge in [0.05, 0.1) is 0 Å². The van der Waals surface area contributed by atoms with Crippen LogP contribution in [0.2, 0.25) is 0 Å². The molecule has 0 fully saturated rings. The van der Waals surface area contributed by atoms with Crippen LogP contribution in [0.3, 0.4) is 0 Å². The normalized spacial score (nSPS) is 23.7. The summed E-state index contributed by atoms with van der Waals surface area (Å²) in [6.07, 6.45) is 3.55. The Bertz CT molecular complexity index is 444. The molecule has 2 unspecified atom stereocenters. The molecule has 0 aromatic heterocycles. The maximum absolute atomic E-state index is 11.8. The van der Waals surface area contributed by atoms with E-state index in [-0.39, 0.29) is 6.04 Å². The van der Waals surface area contributed by atoms with Crippen molar-refractivity contribution in [2.45, 2.75) is 51.1 Å². The standard InChI is InChI=1S/C15H21NO2/c1-3-6-11(2)16-15(14(17)18)10-9-12-7-4-5-8-13(12)15/h4-5,7-8,11,16H,3,6,9-10H2,1-2H3,(H,17,18). The minimum absolute atomic E-state index is 0.220. The quantitative estimate of drug-likeness (QED) is 0.841. The molecule has 18 heavy (non-hydrogen) atoms. The number of rotatable bonds is 5. The van der Waals surface area contributed by atoms with Crippen LogP contribution in [0.25, 0.3) is 0 Å². The van der Waals surface area contributed by atoms with Gasteiger partial charge in [0.25, 0.3) is 0 Å². The van der Waals surface area contributed by atoms with E-state index in [9.17, 15) is 9.90 Å². The lowest BCUT2D eigenvalue weighted by atomic mass is 9.90. The molecule has 0 spiro atoms. The number of carboxylic acid groups (broad SMARTS) is 1. The highest BCUT2D eigenvalue weighted by Crippen LogP contribution is 2.37. The second-order valence-electron chi connectivity index (χ2n) is 5.20. The van der Waals surface area contributed by atoms with Crippen molar-refractivity contribution in [2.75, 3.05) is 0 Å². The number of fused-ring (bicyclic) bond motifs is 1. The molecular formula is C15H21NO2. The van der Waals surface area contributed by atoms with E-state index in [0.717, 1.165) is 30.4 Å². The first-order valence-corrected chi connectivity index (χ1v) is 6.69. The first kappa shape index (κ1) is 13.1. The van der Waals surface area contributed by atoms with Crippen LogP contribution in [-0.4, -0.2) is 17.1 Å². The fraction of sp³-hybridized carbons (Fsp3) is 0.533. The van der Waals surface area contributed by atoms with Crippen LogP contribution in [0.15, 0.2) is 24.3 Å². The van der Waals surface area contributed by atoms with Gasteiger partial charge in [-0.1, -0.05) is 37.6 Å². The van der Waals surface area contributed by atoms with Gasteiger partial charge in [-0.15, -0.1) is 0 Å². The average molecular weight is 247 g/mol. The van der Waals surface area contributed by atoms with Crippen LogP contribution in [0.1, 0.15) is 44.2 Å². The third-order valence-corrected chi connectivity index (χ3v) is 3.83. The molecule has 0 radical (unpaired) electrons. The molecule has 0 aliphatic heterocycles. The summed E-state index contributed by atoms with van der Waals surface area (Å²) in [4.78, 5) is 11.8. The van der Waals surface area contributed by atoms with E-state index in [1.165, 1.54) is 0 Å². The Morgan fingerprint density at radius 3 is 2.89 bits per heavy atom. The third-order valence-electron chi connectivity index (χ3n) is 3.83. The molecule has 1 aliphatic rings. The Balaban J connectivity index is 2.33. The summed E-state index contributed by atoms with van der Waals surface area (Å²) < 4.78 is 0. The SMILES string of the molecule is CCCC(C)NC1(C(=O)O)CCc2ccccc21. The van der Waals surface area contributed by atoms with Gasteiger partial charge in [0, 0.05) is 6.04 Å². The number of carboxylic acids is 1. The van der Waals surface area contributed by atoms with Crippen molar-refractivity contribution in [3.05, 3.63) is 35.4 Å². The predicted octanol–water partition coefficient (Wildman–Crippen LogP) is 2.69. The van der Waals surface area contributed by atoms with Crippen LogP contribution in [0.4, 0.5) is 0 Å². The lowest BCUT2D eigenvalue weighted by Crippen LogP contribution is -2.51. The zero-order valence-electron chi connectivity index (χ0n) is 11.1. The van der Waals surface area contributed by atoms with E-state index in [1.54, 1.807) is 0 Å². The van der Waals surface area contributed by atoms with E-state index >= 15 is 0 Å². The number of aliphatic carboxylic acids is 1. The molecule has 3 nitrogen and oxygen atoms in total. The van der Waals surface area contributed by atoms with Crippen LogP contribution >= 0.6 is 0 Å². The number of hydrogen-bond acceptors (Lipinski definition) is 2. The van der Waals surface area contributed by atoms with E-state index in [2.05, 4.69) is 19.2 Å². The van der Waals surface area contributed by atoms with Gasteiger partial charge < -0.3 is 5.11 Å². The molecule has 1 aromatic carbocycles. The molecule has 0 saturated heterocycles. The summed E-state index contributed by atoms with van der Waals surface area (Å²) in [7, 11) is 0. The fourth-order valence-electron chi connectivity index (χ4n) is 2.97. The Morgan fingerprint density at radius 2 is 2.22 bits per heavy atom. The van der Waals surface area contributed by atoms with Gasteiger partial charge >= 0.3 is 5.97 Å². The first-order valence-electron chi connectivity index (χ1n) is 6.69. The Kier molecular flexibility index (Phi) is 3.71. The summed E-state index contributed by atoms with van der Waals surface area (Å²) in [5.41, 5.74) is 1.22. The third kappa shape index (κ3) is 2.15. The van der Waals surface area contributed by atoms with Gasteiger partial charge in [0.1, 0.15) is 5.54 Å². The Hall–Kier alpha value is -1.35. The van der Waals surface area contributed by atoms with Crippen molar-refractivity contribution in [3.63, 3.8) is 0 Å². The van der Waals surface area contributed by atoms with E-state index in [0.29, 0.717) is 6.42 Å². The largest absolute Gasteiger partial charge is 0.480 e. The van der Waals surface area contributed by atoms with Crippen LogP contribution in [0.5, 0.6) is 0 Å². The summed E-state index contributed by atoms with van der Waals surface area (Å²) in [5, 5.41) is 13.0.